The third-order valence-electron chi connectivity index (χ3n) is 3.30. The van der Waals surface area contributed by atoms with Gasteiger partial charge in [0.2, 0.25) is 0 Å². The lowest BCUT2D eigenvalue weighted by Crippen LogP contribution is -2.31. The van der Waals surface area contributed by atoms with Gasteiger partial charge in [-0.05, 0) is 51.2 Å². The number of benzene rings is 1. The summed E-state index contributed by atoms with van der Waals surface area (Å²) in [6.45, 7) is 6.93. The average molecular weight is 357 g/mol. The van der Waals surface area contributed by atoms with Crippen LogP contribution in [0.25, 0.3) is 0 Å². The van der Waals surface area contributed by atoms with Crippen LogP contribution in [0, 0.1) is 6.92 Å². The molecule has 7 heteroatoms. The first-order valence-corrected chi connectivity index (χ1v) is 8.13. The molecule has 0 spiro atoms. The van der Waals surface area contributed by atoms with Gasteiger partial charge in [-0.15, -0.1) is 0 Å². The molecular formula is C15H18Cl2N4S. The molecule has 0 saturated heterocycles. The highest BCUT2D eigenvalue weighted by Crippen LogP contribution is 2.25. The van der Waals surface area contributed by atoms with E-state index in [0.29, 0.717) is 20.8 Å². The molecule has 2 aromatic rings. The van der Waals surface area contributed by atoms with Crippen LogP contribution in [0.1, 0.15) is 31.1 Å². The molecule has 0 bridgehead atoms. The summed E-state index contributed by atoms with van der Waals surface area (Å²) >= 11 is 17.4. The molecular weight excluding hydrogens is 339 g/mol. The van der Waals surface area contributed by atoms with Crippen LogP contribution in [-0.4, -0.2) is 14.9 Å². The summed E-state index contributed by atoms with van der Waals surface area (Å²) in [6.07, 6.45) is 2.03. The van der Waals surface area contributed by atoms with E-state index >= 15 is 0 Å². The first-order chi connectivity index (χ1) is 10.4. The highest BCUT2D eigenvalue weighted by atomic mass is 35.5. The van der Waals surface area contributed by atoms with Crippen LogP contribution in [0.4, 0.5) is 5.69 Å². The molecule has 1 aromatic heterocycles. The van der Waals surface area contributed by atoms with Crippen molar-refractivity contribution in [1.29, 1.82) is 0 Å². The predicted molar refractivity (Wildman–Crippen MR) is 96.9 cm³/mol. The van der Waals surface area contributed by atoms with E-state index in [0.717, 1.165) is 17.8 Å². The molecule has 0 amide bonds. The second kappa shape index (κ2) is 7.31. The van der Waals surface area contributed by atoms with Gasteiger partial charge in [0.25, 0.3) is 0 Å². The van der Waals surface area contributed by atoms with Crippen molar-refractivity contribution < 1.29 is 0 Å². The maximum atomic E-state index is 6.12. The fraction of sp³-hybridized carbons (Fsp3) is 0.333. The number of nitrogens with one attached hydrogen (secondary N) is 2. The monoisotopic (exact) mass is 356 g/mol. The lowest BCUT2D eigenvalue weighted by atomic mass is 10.1. The highest BCUT2D eigenvalue weighted by molar-refractivity contribution is 7.80. The van der Waals surface area contributed by atoms with Crippen LogP contribution in [0.3, 0.4) is 0 Å². The maximum Gasteiger partial charge on any atom is 0.171 e. The summed E-state index contributed by atoms with van der Waals surface area (Å²) in [5, 5.41) is 12.4. The second-order valence-corrected chi connectivity index (χ2v) is 6.22. The summed E-state index contributed by atoms with van der Waals surface area (Å²) in [7, 11) is 0. The van der Waals surface area contributed by atoms with Crippen LogP contribution in [0.2, 0.25) is 10.0 Å². The zero-order valence-corrected chi connectivity index (χ0v) is 15.0. The molecule has 22 heavy (non-hydrogen) atoms. The highest BCUT2D eigenvalue weighted by Gasteiger charge is 2.13. The molecule has 1 unspecified atom stereocenters. The number of thiocarbonyl (C=S) groups is 1. The normalized spacial score (nSPS) is 12.0. The van der Waals surface area contributed by atoms with Gasteiger partial charge in [0.15, 0.2) is 5.11 Å². The van der Waals surface area contributed by atoms with Gasteiger partial charge >= 0.3 is 0 Å². The first kappa shape index (κ1) is 17.1. The number of nitrogens with zero attached hydrogens (tertiary/aromatic N) is 2. The fourth-order valence-corrected chi connectivity index (χ4v) is 2.77. The smallest absolute Gasteiger partial charge is 0.171 e. The molecule has 0 fully saturated rings. The number of rotatable bonds is 4. The van der Waals surface area contributed by atoms with Crippen LogP contribution in [0.15, 0.2) is 24.4 Å². The van der Waals surface area contributed by atoms with Crippen molar-refractivity contribution in [3.8, 4) is 0 Å². The molecule has 2 N–H and O–H groups in total. The molecule has 0 aliphatic carbocycles. The first-order valence-electron chi connectivity index (χ1n) is 6.97. The summed E-state index contributed by atoms with van der Waals surface area (Å²) in [5.41, 5.74) is 2.79. The number of hydrogen-bond acceptors (Lipinski definition) is 2. The van der Waals surface area contributed by atoms with Crippen molar-refractivity contribution in [1.82, 2.24) is 15.1 Å². The fourth-order valence-electron chi connectivity index (χ4n) is 2.15. The van der Waals surface area contributed by atoms with E-state index in [1.54, 1.807) is 18.2 Å². The Morgan fingerprint density at radius 3 is 2.77 bits per heavy atom. The van der Waals surface area contributed by atoms with E-state index in [9.17, 15) is 0 Å². The van der Waals surface area contributed by atoms with Gasteiger partial charge in [0.05, 0.1) is 22.4 Å². The Bertz CT molecular complexity index is 684. The van der Waals surface area contributed by atoms with Gasteiger partial charge in [-0.2, -0.15) is 5.10 Å². The lowest BCUT2D eigenvalue weighted by Gasteiger charge is -2.17. The Morgan fingerprint density at radius 1 is 1.41 bits per heavy atom. The van der Waals surface area contributed by atoms with Gasteiger partial charge in [-0.3, -0.25) is 4.68 Å². The molecule has 1 atom stereocenters. The van der Waals surface area contributed by atoms with Crippen molar-refractivity contribution in [2.24, 2.45) is 0 Å². The molecule has 2 rings (SSSR count). The summed E-state index contributed by atoms with van der Waals surface area (Å²) in [5.74, 6) is 0. The Hall–Kier alpha value is -1.30. The topological polar surface area (TPSA) is 41.9 Å². The largest absolute Gasteiger partial charge is 0.356 e. The Morgan fingerprint density at radius 2 is 2.14 bits per heavy atom. The number of halogens is 2. The van der Waals surface area contributed by atoms with Crippen molar-refractivity contribution in [2.75, 3.05) is 5.32 Å². The van der Waals surface area contributed by atoms with E-state index < -0.39 is 0 Å². The molecule has 0 aliphatic rings. The minimum Gasteiger partial charge on any atom is -0.356 e. The van der Waals surface area contributed by atoms with Crippen LogP contribution >= 0.6 is 35.4 Å². The quantitative estimate of drug-likeness (QED) is 0.787. The molecule has 0 aliphatic heterocycles. The summed E-state index contributed by atoms with van der Waals surface area (Å²) < 4.78 is 1.91. The van der Waals surface area contributed by atoms with Crippen molar-refractivity contribution in [3.63, 3.8) is 0 Å². The molecule has 118 valence electrons. The standard InChI is InChI=1S/C15H18Cl2N4S/c1-4-21-8-12(10(3)20-21)9(2)18-15(22)19-14-7-11(16)5-6-13(14)17/h5-9H,4H2,1-3H3,(H2,18,19,22). The van der Waals surface area contributed by atoms with Gasteiger partial charge in [0.1, 0.15) is 0 Å². The van der Waals surface area contributed by atoms with Gasteiger partial charge in [-0.1, -0.05) is 23.2 Å². The Balaban J connectivity index is 2.05. The molecule has 0 radical (unpaired) electrons. The van der Waals surface area contributed by atoms with E-state index in [1.165, 1.54) is 0 Å². The Labute approximate surface area is 145 Å². The number of hydrogen-bond donors (Lipinski definition) is 2. The minimum absolute atomic E-state index is 0.0401. The van der Waals surface area contributed by atoms with E-state index in [2.05, 4.69) is 22.7 Å². The van der Waals surface area contributed by atoms with Crippen LogP contribution < -0.4 is 10.6 Å². The zero-order chi connectivity index (χ0) is 16.3. The average Bonchev–Trinajstić information content (AvgIpc) is 2.84. The minimum atomic E-state index is 0.0401. The molecule has 1 aromatic carbocycles. The third-order valence-corrected chi connectivity index (χ3v) is 4.08. The van der Waals surface area contributed by atoms with Crippen molar-refractivity contribution in [2.45, 2.75) is 33.4 Å². The summed E-state index contributed by atoms with van der Waals surface area (Å²) in [6, 6.07) is 5.24. The number of anilines is 1. The zero-order valence-electron chi connectivity index (χ0n) is 12.7. The lowest BCUT2D eigenvalue weighted by molar-refractivity contribution is 0.651. The molecule has 0 saturated carbocycles. The second-order valence-electron chi connectivity index (χ2n) is 4.97. The van der Waals surface area contributed by atoms with E-state index in [1.807, 2.05) is 24.7 Å². The SMILES string of the molecule is CCn1cc(C(C)NC(=S)Nc2cc(Cl)ccc2Cl)c(C)n1. The van der Waals surface area contributed by atoms with Gasteiger partial charge < -0.3 is 10.6 Å². The van der Waals surface area contributed by atoms with Crippen molar-refractivity contribution >= 4 is 46.2 Å². The van der Waals surface area contributed by atoms with Gasteiger partial charge in [0, 0.05) is 23.3 Å². The molecule has 1 heterocycles. The third kappa shape index (κ3) is 4.12. The Kier molecular flexibility index (Phi) is 5.67. The van der Waals surface area contributed by atoms with Crippen molar-refractivity contribution in [3.05, 3.63) is 45.7 Å². The number of aromatic nitrogens is 2. The van der Waals surface area contributed by atoms with Crippen LogP contribution in [-0.2, 0) is 6.54 Å². The molecule has 4 nitrogen and oxygen atoms in total. The predicted octanol–water partition coefficient (Wildman–Crippen LogP) is 4.57. The summed E-state index contributed by atoms with van der Waals surface area (Å²) in [4.78, 5) is 0. The van der Waals surface area contributed by atoms with E-state index in [-0.39, 0.29) is 6.04 Å². The van der Waals surface area contributed by atoms with E-state index in [4.69, 9.17) is 35.4 Å². The maximum absolute atomic E-state index is 6.12. The van der Waals surface area contributed by atoms with Crippen LogP contribution in [0.5, 0.6) is 0 Å². The van der Waals surface area contributed by atoms with Gasteiger partial charge in [-0.25, -0.2) is 0 Å². The number of aryl methyl sites for hydroxylation is 2.